The van der Waals surface area contributed by atoms with Gasteiger partial charge in [-0.1, -0.05) is 37.3 Å². The average Bonchev–Trinajstić information content (AvgIpc) is 2.99. The predicted molar refractivity (Wildman–Crippen MR) is 107 cm³/mol. The number of hydrogen-bond acceptors (Lipinski definition) is 6. The Bertz CT molecular complexity index is 1010. The van der Waals surface area contributed by atoms with Gasteiger partial charge in [0.15, 0.2) is 0 Å². The summed E-state index contributed by atoms with van der Waals surface area (Å²) in [6.07, 6.45) is 0.315. The second-order valence-corrected chi connectivity index (χ2v) is 6.64. The van der Waals surface area contributed by atoms with Crippen LogP contribution in [0.5, 0.6) is 5.75 Å². The number of imide groups is 1. The molecule has 3 rings (SSSR count). The zero-order chi connectivity index (χ0) is 21.9. The van der Waals surface area contributed by atoms with E-state index in [-0.39, 0.29) is 17.1 Å². The van der Waals surface area contributed by atoms with Crippen LogP contribution in [0.1, 0.15) is 18.9 Å². The third-order valence-electron chi connectivity index (χ3n) is 4.94. The number of carbonyl (C=O) groups excluding carboxylic acids is 3. The van der Waals surface area contributed by atoms with E-state index in [0.29, 0.717) is 12.0 Å². The van der Waals surface area contributed by atoms with Crippen molar-refractivity contribution in [2.75, 3.05) is 19.0 Å². The molecule has 156 valence electrons. The van der Waals surface area contributed by atoms with Crippen LogP contribution in [0.3, 0.4) is 0 Å². The number of hydrogen-bond donors (Lipinski definition) is 2. The number of amides is 4. The highest BCUT2D eigenvalue weighted by Gasteiger charge is 2.51. The molecule has 2 aromatic carbocycles. The molecule has 1 aliphatic rings. The fourth-order valence-corrected chi connectivity index (χ4v) is 3.36. The molecule has 0 saturated carbocycles. The molecule has 0 unspecified atom stereocenters. The van der Waals surface area contributed by atoms with Crippen LogP contribution in [0.2, 0.25) is 0 Å². The predicted octanol–water partition coefficient (Wildman–Crippen LogP) is 2.40. The quantitative estimate of drug-likeness (QED) is 0.408. The van der Waals surface area contributed by atoms with E-state index in [0.717, 1.165) is 4.90 Å². The summed E-state index contributed by atoms with van der Waals surface area (Å²) in [5.74, 6) is -1.08. The van der Waals surface area contributed by atoms with Gasteiger partial charge in [-0.3, -0.25) is 24.6 Å². The van der Waals surface area contributed by atoms with Crippen molar-refractivity contribution in [3.05, 3.63) is 64.2 Å². The molecule has 10 heteroatoms. The van der Waals surface area contributed by atoms with Crippen molar-refractivity contribution in [2.45, 2.75) is 18.9 Å². The van der Waals surface area contributed by atoms with Gasteiger partial charge in [-0.05, 0) is 18.1 Å². The third-order valence-corrected chi connectivity index (χ3v) is 4.94. The minimum Gasteiger partial charge on any atom is -0.494 e. The number of nitrogens with one attached hydrogen (secondary N) is 2. The van der Waals surface area contributed by atoms with E-state index in [2.05, 4.69) is 10.6 Å². The second-order valence-electron chi connectivity index (χ2n) is 6.64. The number of nitro groups is 1. The van der Waals surface area contributed by atoms with Gasteiger partial charge >= 0.3 is 6.03 Å². The van der Waals surface area contributed by atoms with Gasteiger partial charge in [-0.2, -0.15) is 0 Å². The number of non-ortho nitro benzene ring substituents is 1. The summed E-state index contributed by atoms with van der Waals surface area (Å²) < 4.78 is 5.08. The first-order valence-electron chi connectivity index (χ1n) is 9.14. The molecule has 1 fully saturated rings. The molecule has 0 bridgehead atoms. The number of anilines is 1. The molecule has 0 aliphatic carbocycles. The molecule has 1 atom stereocenters. The highest BCUT2D eigenvalue weighted by Crippen LogP contribution is 2.33. The second kappa shape index (κ2) is 8.19. The molecule has 1 saturated heterocycles. The standard InChI is InChI=1S/C20H20N4O6/c1-3-20(13-7-5-4-6-8-13)18(26)23(19(27)22-20)12-17(25)21-15-10-9-14(24(28)29)11-16(15)30-2/h4-11H,3,12H2,1-2H3,(H,21,25)(H,22,27)/t20-/m1/s1. The van der Waals surface area contributed by atoms with Crippen LogP contribution in [0.15, 0.2) is 48.5 Å². The number of ether oxygens (including phenoxy) is 1. The van der Waals surface area contributed by atoms with Gasteiger partial charge in [0.05, 0.1) is 23.8 Å². The molecule has 1 aliphatic heterocycles. The maximum atomic E-state index is 13.1. The van der Waals surface area contributed by atoms with Crippen molar-refractivity contribution in [3.63, 3.8) is 0 Å². The van der Waals surface area contributed by atoms with Crippen LogP contribution in [0, 0.1) is 10.1 Å². The number of nitro benzene ring substituents is 1. The number of urea groups is 1. The number of methoxy groups -OCH3 is 1. The monoisotopic (exact) mass is 412 g/mol. The lowest BCUT2D eigenvalue weighted by Crippen LogP contribution is -2.44. The Morgan fingerprint density at radius 1 is 1.23 bits per heavy atom. The van der Waals surface area contributed by atoms with Crippen LogP contribution >= 0.6 is 0 Å². The average molecular weight is 412 g/mol. The number of carbonyl (C=O) groups is 3. The summed E-state index contributed by atoms with van der Waals surface area (Å²) >= 11 is 0. The molecule has 2 N–H and O–H groups in total. The van der Waals surface area contributed by atoms with Gasteiger partial charge in [0.1, 0.15) is 17.8 Å². The topological polar surface area (TPSA) is 131 Å². The van der Waals surface area contributed by atoms with Gasteiger partial charge in [-0.25, -0.2) is 4.79 Å². The molecule has 4 amide bonds. The molecule has 0 spiro atoms. The fraction of sp³-hybridized carbons (Fsp3) is 0.250. The SMILES string of the molecule is CC[C@]1(c2ccccc2)NC(=O)N(CC(=O)Nc2ccc([N+](=O)[O-])cc2OC)C1=O. The van der Waals surface area contributed by atoms with E-state index < -0.39 is 34.9 Å². The van der Waals surface area contributed by atoms with E-state index in [1.54, 1.807) is 37.3 Å². The van der Waals surface area contributed by atoms with E-state index >= 15 is 0 Å². The summed E-state index contributed by atoms with van der Waals surface area (Å²) in [6.45, 7) is 1.26. The van der Waals surface area contributed by atoms with Gasteiger partial charge in [0, 0.05) is 6.07 Å². The Morgan fingerprint density at radius 3 is 2.53 bits per heavy atom. The number of rotatable bonds is 7. The van der Waals surface area contributed by atoms with Gasteiger partial charge in [-0.15, -0.1) is 0 Å². The van der Waals surface area contributed by atoms with Crippen LogP contribution in [0.25, 0.3) is 0 Å². The Labute approximate surface area is 172 Å². The van der Waals surface area contributed by atoms with E-state index in [4.69, 9.17) is 4.74 Å². The van der Waals surface area contributed by atoms with Crippen LogP contribution in [-0.2, 0) is 15.1 Å². The Kier molecular flexibility index (Phi) is 5.67. The molecule has 10 nitrogen and oxygen atoms in total. The number of benzene rings is 2. The van der Waals surface area contributed by atoms with Gasteiger partial charge in [0.2, 0.25) is 5.91 Å². The maximum Gasteiger partial charge on any atom is 0.325 e. The lowest BCUT2D eigenvalue weighted by molar-refractivity contribution is -0.384. The molecule has 2 aromatic rings. The summed E-state index contributed by atoms with van der Waals surface area (Å²) in [5, 5.41) is 16.1. The van der Waals surface area contributed by atoms with Crippen molar-refractivity contribution in [3.8, 4) is 5.75 Å². The minimum atomic E-state index is -1.23. The third kappa shape index (κ3) is 3.66. The maximum absolute atomic E-state index is 13.1. The summed E-state index contributed by atoms with van der Waals surface area (Å²) in [7, 11) is 1.31. The summed E-state index contributed by atoms with van der Waals surface area (Å²) in [4.78, 5) is 49.2. The van der Waals surface area contributed by atoms with Crippen molar-refractivity contribution >= 4 is 29.2 Å². The first-order valence-corrected chi connectivity index (χ1v) is 9.14. The zero-order valence-electron chi connectivity index (χ0n) is 16.4. The van der Waals surface area contributed by atoms with Crippen LogP contribution in [-0.4, -0.2) is 41.3 Å². The zero-order valence-corrected chi connectivity index (χ0v) is 16.4. The first-order chi connectivity index (χ1) is 14.3. The van der Waals surface area contributed by atoms with E-state index in [1.165, 1.54) is 25.3 Å². The van der Waals surface area contributed by atoms with Crippen molar-refractivity contribution < 1.29 is 24.0 Å². The van der Waals surface area contributed by atoms with E-state index in [9.17, 15) is 24.5 Å². The largest absolute Gasteiger partial charge is 0.494 e. The molecule has 0 aromatic heterocycles. The fourth-order valence-electron chi connectivity index (χ4n) is 3.36. The van der Waals surface area contributed by atoms with Gasteiger partial charge in [0.25, 0.3) is 11.6 Å². The van der Waals surface area contributed by atoms with Crippen molar-refractivity contribution in [1.29, 1.82) is 0 Å². The first kappa shape index (κ1) is 20.8. The Hall–Kier alpha value is -3.95. The molecule has 0 radical (unpaired) electrons. The molecular weight excluding hydrogens is 392 g/mol. The minimum absolute atomic E-state index is 0.0851. The highest BCUT2D eigenvalue weighted by atomic mass is 16.6. The highest BCUT2D eigenvalue weighted by molar-refractivity contribution is 6.10. The van der Waals surface area contributed by atoms with E-state index in [1.807, 2.05) is 0 Å². The lowest BCUT2D eigenvalue weighted by atomic mass is 9.87. The number of nitrogens with zero attached hydrogens (tertiary/aromatic N) is 2. The van der Waals surface area contributed by atoms with Crippen LogP contribution in [0.4, 0.5) is 16.2 Å². The Morgan fingerprint density at radius 2 is 1.93 bits per heavy atom. The lowest BCUT2D eigenvalue weighted by Gasteiger charge is -2.25. The summed E-state index contributed by atoms with van der Waals surface area (Å²) in [6, 6.07) is 11.9. The normalized spacial score (nSPS) is 18.1. The molecule has 30 heavy (non-hydrogen) atoms. The van der Waals surface area contributed by atoms with Crippen molar-refractivity contribution in [2.24, 2.45) is 0 Å². The molecular formula is C20H20N4O6. The molecule has 1 heterocycles. The summed E-state index contributed by atoms with van der Waals surface area (Å²) in [5.41, 5.74) is -0.616. The van der Waals surface area contributed by atoms with Crippen molar-refractivity contribution in [1.82, 2.24) is 10.2 Å². The van der Waals surface area contributed by atoms with Crippen LogP contribution < -0.4 is 15.4 Å². The Balaban J connectivity index is 1.78. The smallest absolute Gasteiger partial charge is 0.325 e. The van der Waals surface area contributed by atoms with Gasteiger partial charge < -0.3 is 15.4 Å².